The molecule has 0 bridgehead atoms. The van der Waals surface area contributed by atoms with Crippen LogP contribution in [0.3, 0.4) is 0 Å². The largest absolute Gasteiger partial charge is 0.390 e. The van der Waals surface area contributed by atoms with Gasteiger partial charge in [-0.2, -0.15) is 0 Å². The molecule has 1 aromatic rings. The lowest BCUT2D eigenvalue weighted by Gasteiger charge is -2.27. The van der Waals surface area contributed by atoms with Gasteiger partial charge in [0.2, 0.25) is 0 Å². The minimum atomic E-state index is -0.187. The second-order valence-corrected chi connectivity index (χ2v) is 5.15. The van der Waals surface area contributed by atoms with Crippen molar-refractivity contribution in [2.24, 2.45) is 5.16 Å². The highest BCUT2D eigenvalue weighted by molar-refractivity contribution is 6.41. The summed E-state index contributed by atoms with van der Waals surface area (Å²) in [6, 6.07) is 1.76. The molecule has 1 aromatic heterocycles. The van der Waals surface area contributed by atoms with Crippen LogP contribution in [0, 0.1) is 0 Å². The Hall–Kier alpha value is -0.800. The molecule has 3 nitrogen and oxygen atoms in total. The molecule has 0 amide bonds. The Bertz CT molecular complexity index is 444. The Morgan fingerprint density at radius 3 is 2.69 bits per heavy atom. The molecular formula is C11H12Cl2N2O. The molecule has 5 heteroatoms. The van der Waals surface area contributed by atoms with Crippen LogP contribution in [0.1, 0.15) is 32.3 Å². The van der Waals surface area contributed by atoms with E-state index in [1.54, 1.807) is 12.3 Å². The van der Waals surface area contributed by atoms with Gasteiger partial charge in [0.25, 0.3) is 0 Å². The lowest BCUT2D eigenvalue weighted by Crippen LogP contribution is -2.28. The summed E-state index contributed by atoms with van der Waals surface area (Å²) < 4.78 is 0. The Balaban J connectivity index is 2.26. The van der Waals surface area contributed by atoms with Crippen molar-refractivity contribution in [2.75, 3.05) is 0 Å². The fourth-order valence-corrected chi connectivity index (χ4v) is 1.74. The van der Waals surface area contributed by atoms with Gasteiger partial charge in [0.1, 0.15) is 10.8 Å². The van der Waals surface area contributed by atoms with Crippen LogP contribution in [0.15, 0.2) is 17.4 Å². The molecule has 0 aliphatic carbocycles. The van der Waals surface area contributed by atoms with Crippen LogP contribution < -0.4 is 0 Å². The quantitative estimate of drug-likeness (QED) is 0.721. The molecule has 16 heavy (non-hydrogen) atoms. The highest BCUT2D eigenvalue weighted by atomic mass is 35.5. The maximum Gasteiger partial charge on any atom is 0.147 e. The van der Waals surface area contributed by atoms with Gasteiger partial charge >= 0.3 is 0 Å². The van der Waals surface area contributed by atoms with Crippen molar-refractivity contribution >= 4 is 28.9 Å². The van der Waals surface area contributed by atoms with Gasteiger partial charge in [-0.1, -0.05) is 28.4 Å². The number of halogens is 2. The van der Waals surface area contributed by atoms with Gasteiger partial charge in [0.15, 0.2) is 0 Å². The molecule has 0 saturated heterocycles. The van der Waals surface area contributed by atoms with Crippen molar-refractivity contribution in [3.63, 3.8) is 0 Å². The van der Waals surface area contributed by atoms with Crippen molar-refractivity contribution in [1.29, 1.82) is 0 Å². The molecule has 0 unspecified atom stereocenters. The van der Waals surface area contributed by atoms with Gasteiger partial charge in [0.05, 0.1) is 10.7 Å². The zero-order valence-corrected chi connectivity index (χ0v) is 10.6. The Morgan fingerprint density at radius 2 is 2.12 bits per heavy atom. The highest BCUT2D eigenvalue weighted by Gasteiger charge is 2.25. The van der Waals surface area contributed by atoms with E-state index in [2.05, 4.69) is 10.1 Å². The zero-order valence-electron chi connectivity index (χ0n) is 9.13. The van der Waals surface area contributed by atoms with Crippen LogP contribution in [0.2, 0.25) is 10.2 Å². The molecule has 0 radical (unpaired) electrons. The number of nitrogens with zero attached hydrogens (tertiary/aromatic N) is 2. The van der Waals surface area contributed by atoms with Crippen LogP contribution in [-0.2, 0) is 4.84 Å². The number of hydrogen-bond donors (Lipinski definition) is 0. The first kappa shape index (κ1) is 11.7. The standard InChI is InChI=1S/C11H12Cl2N2O/c1-11(2)4-3-9(15-16-11)7-5-8(12)10(13)14-6-7/h5-6H,3-4H2,1-2H3. The van der Waals surface area contributed by atoms with E-state index in [-0.39, 0.29) is 5.60 Å². The highest BCUT2D eigenvalue weighted by Crippen LogP contribution is 2.26. The van der Waals surface area contributed by atoms with Gasteiger partial charge in [-0.05, 0) is 32.8 Å². The third-order valence-corrected chi connectivity index (χ3v) is 3.18. The van der Waals surface area contributed by atoms with Gasteiger partial charge in [-0.25, -0.2) is 4.98 Å². The first-order valence-corrected chi connectivity index (χ1v) is 5.80. The fourth-order valence-electron chi connectivity index (χ4n) is 1.47. The van der Waals surface area contributed by atoms with Crippen molar-refractivity contribution in [3.8, 4) is 0 Å². The van der Waals surface area contributed by atoms with Crippen molar-refractivity contribution in [3.05, 3.63) is 28.0 Å². The van der Waals surface area contributed by atoms with E-state index in [1.165, 1.54) is 0 Å². The topological polar surface area (TPSA) is 34.5 Å². The number of oxime groups is 1. The summed E-state index contributed by atoms with van der Waals surface area (Å²) in [4.78, 5) is 9.37. The molecule has 0 aromatic carbocycles. The predicted octanol–water partition coefficient (Wildman–Crippen LogP) is 3.68. The van der Waals surface area contributed by atoms with Crippen LogP contribution in [0.5, 0.6) is 0 Å². The van der Waals surface area contributed by atoms with Gasteiger partial charge in [-0.3, -0.25) is 0 Å². The van der Waals surface area contributed by atoms with Gasteiger partial charge < -0.3 is 4.84 Å². The summed E-state index contributed by atoms with van der Waals surface area (Å²) in [5, 5.41) is 4.84. The van der Waals surface area contributed by atoms with Crippen LogP contribution in [0.25, 0.3) is 0 Å². The lowest BCUT2D eigenvalue weighted by molar-refractivity contribution is -0.0282. The van der Waals surface area contributed by atoms with Crippen LogP contribution in [0.4, 0.5) is 0 Å². The maximum atomic E-state index is 5.90. The van der Waals surface area contributed by atoms with E-state index in [0.29, 0.717) is 10.2 Å². The molecule has 2 heterocycles. The molecule has 2 rings (SSSR count). The molecule has 1 aliphatic heterocycles. The van der Waals surface area contributed by atoms with E-state index in [1.807, 2.05) is 13.8 Å². The monoisotopic (exact) mass is 258 g/mol. The minimum Gasteiger partial charge on any atom is -0.390 e. The van der Waals surface area contributed by atoms with E-state index >= 15 is 0 Å². The second kappa shape index (κ2) is 4.22. The molecule has 0 saturated carbocycles. The van der Waals surface area contributed by atoms with Crippen molar-refractivity contribution < 1.29 is 4.84 Å². The second-order valence-electron chi connectivity index (χ2n) is 4.39. The van der Waals surface area contributed by atoms with Gasteiger partial charge in [0, 0.05) is 11.8 Å². The van der Waals surface area contributed by atoms with E-state index in [0.717, 1.165) is 24.1 Å². The average Bonchev–Trinajstić information content (AvgIpc) is 2.22. The minimum absolute atomic E-state index is 0.187. The smallest absolute Gasteiger partial charge is 0.147 e. The summed E-state index contributed by atoms with van der Waals surface area (Å²) in [7, 11) is 0. The molecule has 0 spiro atoms. The summed E-state index contributed by atoms with van der Waals surface area (Å²) >= 11 is 11.6. The number of rotatable bonds is 1. The van der Waals surface area contributed by atoms with Crippen LogP contribution in [-0.4, -0.2) is 16.3 Å². The van der Waals surface area contributed by atoms with E-state index in [4.69, 9.17) is 28.0 Å². The maximum absolute atomic E-state index is 5.90. The zero-order chi connectivity index (χ0) is 11.8. The summed E-state index contributed by atoms with van der Waals surface area (Å²) in [6.45, 7) is 4.03. The SMILES string of the molecule is CC1(C)CCC(c2cnc(Cl)c(Cl)c2)=NO1. The van der Waals surface area contributed by atoms with Crippen LogP contribution >= 0.6 is 23.2 Å². The molecule has 86 valence electrons. The molecule has 0 fully saturated rings. The Labute approximate surface area is 104 Å². The molecule has 0 N–H and O–H groups in total. The summed E-state index contributed by atoms with van der Waals surface area (Å²) in [5.74, 6) is 0. The normalized spacial score (nSPS) is 18.9. The summed E-state index contributed by atoms with van der Waals surface area (Å²) in [5.41, 5.74) is 1.54. The van der Waals surface area contributed by atoms with E-state index in [9.17, 15) is 0 Å². The van der Waals surface area contributed by atoms with Crippen molar-refractivity contribution in [1.82, 2.24) is 4.98 Å². The first-order chi connectivity index (χ1) is 7.48. The molecule has 0 atom stereocenters. The fraction of sp³-hybridized carbons (Fsp3) is 0.455. The third kappa shape index (κ3) is 2.47. The number of hydrogen-bond acceptors (Lipinski definition) is 3. The average molecular weight is 259 g/mol. The number of pyridine rings is 1. The Kier molecular flexibility index (Phi) is 3.08. The molecular weight excluding hydrogens is 247 g/mol. The lowest BCUT2D eigenvalue weighted by atomic mass is 9.97. The third-order valence-electron chi connectivity index (χ3n) is 2.50. The van der Waals surface area contributed by atoms with Crippen molar-refractivity contribution in [2.45, 2.75) is 32.3 Å². The Morgan fingerprint density at radius 1 is 1.38 bits per heavy atom. The van der Waals surface area contributed by atoms with E-state index < -0.39 is 0 Å². The number of aromatic nitrogens is 1. The van der Waals surface area contributed by atoms with Gasteiger partial charge in [-0.15, -0.1) is 0 Å². The summed E-state index contributed by atoms with van der Waals surface area (Å²) in [6.07, 6.45) is 3.44. The first-order valence-electron chi connectivity index (χ1n) is 5.04. The molecule has 1 aliphatic rings. The predicted molar refractivity (Wildman–Crippen MR) is 65.2 cm³/mol.